The Labute approximate surface area is 235 Å². The Morgan fingerprint density at radius 3 is 1.58 bits per heavy atom. The topological polar surface area (TPSA) is 38.0 Å². The van der Waals surface area contributed by atoms with E-state index < -0.39 is 5.54 Å². The number of nitrogens with two attached hydrogens (primary N) is 1. The van der Waals surface area contributed by atoms with Crippen LogP contribution in [0, 0.1) is 5.92 Å². The van der Waals surface area contributed by atoms with Crippen molar-refractivity contribution in [2.75, 3.05) is 0 Å². The molecule has 3 aromatic carbocycles. The summed E-state index contributed by atoms with van der Waals surface area (Å²) in [6, 6.07) is 29.5. The van der Waals surface area contributed by atoms with Gasteiger partial charge in [-0.25, -0.2) is 0 Å². The lowest BCUT2D eigenvalue weighted by Crippen LogP contribution is -2.40. The molecule has 0 radical (unpaired) electrons. The van der Waals surface area contributed by atoms with Gasteiger partial charge in [-0.3, -0.25) is 0 Å². The number of rotatable bonds is 8. The highest BCUT2D eigenvalue weighted by molar-refractivity contribution is 5.44. The number of benzene rings is 3. The summed E-state index contributed by atoms with van der Waals surface area (Å²) in [5.41, 5.74) is 10.3. The molecule has 0 aliphatic heterocycles. The molecule has 2 heteroatoms. The van der Waals surface area contributed by atoms with Gasteiger partial charge in [0.15, 0.2) is 0 Å². The number of allylic oxidation sites excluding steroid dienone is 1. The molecule has 0 unspecified atom stereocenters. The van der Waals surface area contributed by atoms with Crippen LogP contribution in [0.3, 0.4) is 0 Å². The van der Waals surface area contributed by atoms with E-state index in [0.717, 1.165) is 29.2 Å². The molecule has 3 rings (SSSR count). The Bertz CT molecular complexity index is 949. The molecule has 0 aromatic heterocycles. The molecular formula is C36H54N2. The van der Waals surface area contributed by atoms with Crippen LogP contribution < -0.4 is 11.1 Å². The summed E-state index contributed by atoms with van der Waals surface area (Å²) >= 11 is 0. The van der Waals surface area contributed by atoms with Gasteiger partial charge in [-0.1, -0.05) is 153 Å². The second kappa shape index (κ2) is 22.7. The molecule has 0 aliphatic rings. The quantitative estimate of drug-likeness (QED) is 0.294. The molecule has 0 aliphatic carbocycles. The van der Waals surface area contributed by atoms with Gasteiger partial charge in [-0.2, -0.15) is 0 Å². The van der Waals surface area contributed by atoms with Crippen molar-refractivity contribution in [3.63, 3.8) is 0 Å². The average molecular weight is 515 g/mol. The van der Waals surface area contributed by atoms with Crippen LogP contribution in [0.1, 0.15) is 77.6 Å². The first kappa shape index (κ1) is 36.6. The Morgan fingerprint density at radius 2 is 1.24 bits per heavy atom. The van der Waals surface area contributed by atoms with Crippen molar-refractivity contribution in [1.29, 1.82) is 0 Å². The van der Waals surface area contributed by atoms with Crippen LogP contribution in [0.4, 0.5) is 0 Å². The van der Waals surface area contributed by atoms with E-state index in [1.165, 1.54) is 23.7 Å². The fourth-order valence-electron chi connectivity index (χ4n) is 3.78. The second-order valence-corrected chi connectivity index (χ2v) is 8.66. The van der Waals surface area contributed by atoms with Gasteiger partial charge < -0.3 is 11.1 Å². The fourth-order valence-corrected chi connectivity index (χ4v) is 3.78. The van der Waals surface area contributed by atoms with Gasteiger partial charge in [0.25, 0.3) is 0 Å². The molecule has 3 aromatic rings. The first-order valence-corrected chi connectivity index (χ1v) is 13.9. The third-order valence-electron chi connectivity index (χ3n) is 5.22. The van der Waals surface area contributed by atoms with Gasteiger partial charge >= 0.3 is 0 Å². The van der Waals surface area contributed by atoms with Gasteiger partial charge in [0, 0.05) is 5.70 Å². The first-order chi connectivity index (χ1) is 18.3. The molecule has 38 heavy (non-hydrogen) atoms. The van der Waals surface area contributed by atoms with E-state index in [1.807, 2.05) is 77.1 Å². The summed E-state index contributed by atoms with van der Waals surface area (Å²) in [7, 11) is 0. The van der Waals surface area contributed by atoms with Gasteiger partial charge in [-0.15, -0.1) is 6.58 Å². The van der Waals surface area contributed by atoms with Crippen molar-refractivity contribution >= 4 is 0 Å². The molecule has 208 valence electrons. The largest absolute Gasteiger partial charge is 0.405 e. The van der Waals surface area contributed by atoms with E-state index in [1.54, 1.807) is 0 Å². The van der Waals surface area contributed by atoms with Crippen molar-refractivity contribution in [3.8, 4) is 0 Å². The Morgan fingerprint density at radius 1 is 0.816 bits per heavy atom. The molecule has 0 amide bonds. The lowest BCUT2D eigenvalue weighted by atomic mass is 9.82. The molecule has 2 nitrogen and oxygen atoms in total. The molecule has 0 bridgehead atoms. The first-order valence-electron chi connectivity index (χ1n) is 13.9. The van der Waals surface area contributed by atoms with Crippen LogP contribution in [-0.4, -0.2) is 0 Å². The third-order valence-corrected chi connectivity index (χ3v) is 5.22. The minimum absolute atomic E-state index is 0.436. The van der Waals surface area contributed by atoms with E-state index in [2.05, 4.69) is 100 Å². The molecule has 3 N–H and O–H groups in total. The summed E-state index contributed by atoms with van der Waals surface area (Å²) in [5.74, 6) is 0.761. The maximum Gasteiger partial charge on any atom is 0.106 e. The van der Waals surface area contributed by atoms with Crippen LogP contribution in [0.2, 0.25) is 0 Å². The van der Waals surface area contributed by atoms with Crippen molar-refractivity contribution < 1.29 is 0 Å². The maximum atomic E-state index is 4.61. The number of nitrogens with one attached hydrogen (secondary N) is 1. The summed E-state index contributed by atoms with van der Waals surface area (Å²) in [6.45, 7) is 27.8. The lowest BCUT2D eigenvalue weighted by Gasteiger charge is -2.34. The Kier molecular flexibility index (Phi) is 21.8. The monoisotopic (exact) mass is 514 g/mol. The van der Waals surface area contributed by atoms with Crippen LogP contribution in [0.25, 0.3) is 0 Å². The maximum absolute atomic E-state index is 4.61. The van der Waals surface area contributed by atoms with Crippen LogP contribution in [0.15, 0.2) is 123 Å². The van der Waals surface area contributed by atoms with E-state index in [9.17, 15) is 0 Å². The molecular weight excluding hydrogens is 460 g/mol. The van der Waals surface area contributed by atoms with E-state index in [-0.39, 0.29) is 0 Å². The Balaban J connectivity index is 0. The van der Waals surface area contributed by atoms with Crippen molar-refractivity contribution in [3.05, 3.63) is 145 Å². The van der Waals surface area contributed by atoms with Crippen molar-refractivity contribution in [2.45, 2.75) is 73.8 Å². The van der Waals surface area contributed by atoms with Gasteiger partial charge in [-0.05, 0) is 54.1 Å². The summed E-state index contributed by atoms with van der Waals surface area (Å²) < 4.78 is 0. The van der Waals surface area contributed by atoms with E-state index >= 15 is 0 Å². The smallest absolute Gasteiger partial charge is 0.106 e. The van der Waals surface area contributed by atoms with Crippen LogP contribution >= 0.6 is 0 Å². The van der Waals surface area contributed by atoms with E-state index in [4.69, 9.17) is 0 Å². The van der Waals surface area contributed by atoms with E-state index in [0.29, 0.717) is 0 Å². The standard InChI is InChI=1S/C18H19N.C12H18.C2H5N.2C2H6/c1-4-18(19-15(2)3,16-11-7-5-8-12-16)17-13-9-6-10-14-17;1-4-11-6-5-7-12(9-11)8-10(2)3;1-2-3;2*1-2/h4-14,19H,1-2H2,3H3;5-7,9-10H,4,8H2,1-3H3;2H,1,3H2;2*1-2H3. The normalized spacial score (nSPS) is 9.39. The van der Waals surface area contributed by atoms with Gasteiger partial charge in [0.05, 0.1) is 0 Å². The number of hydrogen-bond acceptors (Lipinski definition) is 2. The van der Waals surface area contributed by atoms with Gasteiger partial charge in [0.2, 0.25) is 0 Å². The molecule has 0 heterocycles. The Hall–Kier alpha value is -3.52. The highest BCUT2D eigenvalue weighted by Gasteiger charge is 2.30. The SMILES string of the molecule is C=CC(NC(=C)C)(c1ccccc1)c1ccccc1.C=CN.CC.CC.CCc1cccc(CC(C)C)c1. The summed E-state index contributed by atoms with van der Waals surface area (Å²) in [4.78, 5) is 0. The summed E-state index contributed by atoms with van der Waals surface area (Å²) in [6.07, 6.45) is 5.53. The van der Waals surface area contributed by atoms with Crippen LogP contribution in [0.5, 0.6) is 0 Å². The van der Waals surface area contributed by atoms with Crippen molar-refractivity contribution in [2.24, 2.45) is 11.7 Å². The molecule has 0 spiro atoms. The zero-order chi connectivity index (χ0) is 29.4. The molecule has 0 saturated heterocycles. The highest BCUT2D eigenvalue weighted by Crippen LogP contribution is 2.31. The molecule has 0 fully saturated rings. The third kappa shape index (κ3) is 13.7. The molecule has 0 saturated carbocycles. The zero-order valence-corrected chi connectivity index (χ0v) is 25.4. The second-order valence-electron chi connectivity index (χ2n) is 8.66. The minimum Gasteiger partial charge on any atom is -0.405 e. The van der Waals surface area contributed by atoms with Crippen molar-refractivity contribution in [1.82, 2.24) is 5.32 Å². The minimum atomic E-state index is -0.436. The fraction of sp³-hybridized carbons (Fsp3) is 0.333. The van der Waals surface area contributed by atoms with Crippen LogP contribution in [-0.2, 0) is 18.4 Å². The average Bonchev–Trinajstić information content (AvgIpc) is 2.95. The zero-order valence-electron chi connectivity index (χ0n) is 25.4. The number of aryl methyl sites for hydroxylation is 1. The number of hydrogen-bond donors (Lipinski definition) is 2. The van der Waals surface area contributed by atoms with Gasteiger partial charge in [0.1, 0.15) is 5.54 Å². The lowest BCUT2D eigenvalue weighted by molar-refractivity contribution is 0.552. The highest BCUT2D eigenvalue weighted by atomic mass is 15.0. The molecule has 0 atom stereocenters. The predicted molar refractivity (Wildman–Crippen MR) is 173 cm³/mol. The predicted octanol–water partition coefficient (Wildman–Crippen LogP) is 9.83. The summed E-state index contributed by atoms with van der Waals surface area (Å²) in [5, 5.41) is 3.46.